The Morgan fingerprint density at radius 1 is 1.33 bits per heavy atom. The van der Waals surface area contributed by atoms with Gasteiger partial charge in [0.15, 0.2) is 6.61 Å². The fourth-order valence-electron chi connectivity index (χ4n) is 0.749. The Labute approximate surface area is 92.8 Å². The van der Waals surface area contributed by atoms with E-state index in [0.717, 1.165) is 0 Å². The molecule has 0 radical (unpaired) electrons. The lowest BCUT2D eigenvalue weighted by atomic mass is 10.5. The molecule has 0 aliphatic rings. The first-order chi connectivity index (χ1) is 7.11. The molecule has 0 amide bonds. The van der Waals surface area contributed by atoms with Crippen molar-refractivity contribution in [3.8, 4) is 24.4 Å². The number of ether oxygens (including phenoxy) is 2. The zero-order valence-electron chi connectivity index (χ0n) is 8.40. The Morgan fingerprint density at radius 2 is 2.00 bits per heavy atom. The lowest BCUT2D eigenvalue weighted by molar-refractivity contribution is 0.215. The number of rotatable bonds is 4. The Bertz CT molecular complexity index is 376. The van der Waals surface area contributed by atoms with Gasteiger partial charge in [-0.05, 0) is 25.4 Å². The first-order valence-electron chi connectivity index (χ1n) is 4.26. The summed E-state index contributed by atoms with van der Waals surface area (Å²) in [5.74, 6) is 2.29. The van der Waals surface area contributed by atoms with E-state index in [4.69, 9.17) is 27.5 Å². The SMILES string of the molecule is C#CCOc1nc(Cl)nc(OC(C)C)n1. The third-order valence-corrected chi connectivity index (χ3v) is 1.36. The molecule has 0 N–H and O–H groups in total. The summed E-state index contributed by atoms with van der Waals surface area (Å²) >= 11 is 5.64. The monoisotopic (exact) mass is 227 g/mol. The normalized spacial score (nSPS) is 9.80. The van der Waals surface area contributed by atoms with Gasteiger partial charge in [-0.25, -0.2) is 0 Å². The highest BCUT2D eigenvalue weighted by Crippen LogP contribution is 2.13. The van der Waals surface area contributed by atoms with E-state index in [1.54, 1.807) is 0 Å². The van der Waals surface area contributed by atoms with Gasteiger partial charge in [-0.3, -0.25) is 0 Å². The molecule has 1 heterocycles. The van der Waals surface area contributed by atoms with Gasteiger partial charge in [-0.2, -0.15) is 9.97 Å². The lowest BCUT2D eigenvalue weighted by Crippen LogP contribution is -2.10. The van der Waals surface area contributed by atoms with Gasteiger partial charge >= 0.3 is 12.0 Å². The molecule has 1 rings (SSSR count). The smallest absolute Gasteiger partial charge is 0.324 e. The van der Waals surface area contributed by atoms with Crippen molar-refractivity contribution >= 4 is 11.6 Å². The van der Waals surface area contributed by atoms with Crippen LogP contribution in [0.3, 0.4) is 0 Å². The van der Waals surface area contributed by atoms with E-state index < -0.39 is 0 Å². The summed E-state index contributed by atoms with van der Waals surface area (Å²) < 4.78 is 10.2. The summed E-state index contributed by atoms with van der Waals surface area (Å²) in [5.41, 5.74) is 0. The van der Waals surface area contributed by atoms with Crippen LogP contribution < -0.4 is 9.47 Å². The molecular formula is C9H10ClN3O2. The van der Waals surface area contributed by atoms with Crippen molar-refractivity contribution in [1.82, 2.24) is 15.0 Å². The quantitative estimate of drug-likeness (QED) is 0.727. The molecule has 0 atom stereocenters. The molecule has 0 aliphatic heterocycles. The van der Waals surface area contributed by atoms with Crippen molar-refractivity contribution < 1.29 is 9.47 Å². The Kier molecular flexibility index (Phi) is 4.13. The summed E-state index contributed by atoms with van der Waals surface area (Å²) in [5, 5.41) is 0.00710. The van der Waals surface area contributed by atoms with Crippen molar-refractivity contribution in [1.29, 1.82) is 0 Å². The predicted molar refractivity (Wildman–Crippen MR) is 54.9 cm³/mol. The number of nitrogens with zero attached hydrogens (tertiary/aromatic N) is 3. The molecule has 80 valence electrons. The molecule has 0 aromatic carbocycles. The van der Waals surface area contributed by atoms with Gasteiger partial charge in [0, 0.05) is 0 Å². The van der Waals surface area contributed by atoms with E-state index in [0.29, 0.717) is 0 Å². The van der Waals surface area contributed by atoms with Crippen molar-refractivity contribution in [2.24, 2.45) is 0 Å². The summed E-state index contributed by atoms with van der Waals surface area (Å²) in [6, 6.07) is 0.181. The minimum Gasteiger partial charge on any atom is -0.461 e. The van der Waals surface area contributed by atoms with Crippen molar-refractivity contribution in [3.63, 3.8) is 0 Å². The predicted octanol–water partition coefficient (Wildman–Crippen LogP) is 1.32. The lowest BCUT2D eigenvalue weighted by Gasteiger charge is -2.08. The van der Waals surface area contributed by atoms with Crippen LogP contribution in [0.15, 0.2) is 0 Å². The maximum Gasteiger partial charge on any atom is 0.324 e. The summed E-state index contributed by atoms with van der Waals surface area (Å²) in [6.07, 6.45) is 4.97. The fourth-order valence-corrected chi connectivity index (χ4v) is 0.894. The van der Waals surface area contributed by atoms with Crippen LogP contribution in [0.2, 0.25) is 5.28 Å². The van der Waals surface area contributed by atoms with Crippen LogP contribution in [0.5, 0.6) is 12.0 Å². The van der Waals surface area contributed by atoms with Gasteiger partial charge in [0.2, 0.25) is 5.28 Å². The van der Waals surface area contributed by atoms with Gasteiger partial charge in [0.25, 0.3) is 0 Å². The highest BCUT2D eigenvalue weighted by atomic mass is 35.5. The Morgan fingerprint density at radius 3 is 2.60 bits per heavy atom. The van der Waals surface area contributed by atoms with E-state index in [9.17, 15) is 0 Å². The van der Waals surface area contributed by atoms with E-state index in [-0.39, 0.29) is 30.0 Å². The van der Waals surface area contributed by atoms with E-state index >= 15 is 0 Å². The molecule has 1 aromatic heterocycles. The number of hydrogen-bond acceptors (Lipinski definition) is 5. The van der Waals surface area contributed by atoms with Crippen LogP contribution in [0.4, 0.5) is 0 Å². The maximum atomic E-state index is 5.64. The summed E-state index contributed by atoms with van der Waals surface area (Å²) in [7, 11) is 0. The zero-order chi connectivity index (χ0) is 11.3. The Hall–Kier alpha value is -1.54. The zero-order valence-corrected chi connectivity index (χ0v) is 9.15. The molecular weight excluding hydrogens is 218 g/mol. The van der Waals surface area contributed by atoms with Crippen LogP contribution in [-0.2, 0) is 0 Å². The number of terminal acetylenes is 1. The minimum atomic E-state index is -0.0519. The molecule has 6 heteroatoms. The molecule has 0 saturated carbocycles. The van der Waals surface area contributed by atoms with E-state index in [2.05, 4.69) is 20.9 Å². The largest absolute Gasteiger partial charge is 0.461 e. The molecule has 5 nitrogen and oxygen atoms in total. The van der Waals surface area contributed by atoms with Gasteiger partial charge in [0.1, 0.15) is 0 Å². The molecule has 0 spiro atoms. The number of aromatic nitrogens is 3. The van der Waals surface area contributed by atoms with Crippen molar-refractivity contribution in [3.05, 3.63) is 5.28 Å². The van der Waals surface area contributed by atoms with Crippen molar-refractivity contribution in [2.75, 3.05) is 6.61 Å². The van der Waals surface area contributed by atoms with Crippen LogP contribution >= 0.6 is 11.6 Å². The first-order valence-corrected chi connectivity index (χ1v) is 4.64. The van der Waals surface area contributed by atoms with Gasteiger partial charge in [-0.1, -0.05) is 5.92 Å². The second kappa shape index (κ2) is 5.37. The Balaban J connectivity index is 2.81. The van der Waals surface area contributed by atoms with Crippen molar-refractivity contribution in [2.45, 2.75) is 20.0 Å². The second-order valence-corrected chi connectivity index (χ2v) is 3.17. The molecule has 0 bridgehead atoms. The average molecular weight is 228 g/mol. The standard InChI is InChI=1S/C9H10ClN3O2/c1-4-5-14-8-11-7(10)12-9(13-8)15-6(2)3/h1,6H,5H2,2-3H3. The first kappa shape index (κ1) is 11.5. The molecule has 15 heavy (non-hydrogen) atoms. The topological polar surface area (TPSA) is 57.1 Å². The third kappa shape index (κ3) is 4.00. The number of halogens is 1. The molecule has 0 aliphatic carbocycles. The van der Waals surface area contributed by atoms with Gasteiger partial charge in [0.05, 0.1) is 6.10 Å². The summed E-state index contributed by atoms with van der Waals surface area (Å²) in [6.45, 7) is 3.76. The molecule has 0 unspecified atom stereocenters. The molecule has 0 saturated heterocycles. The average Bonchev–Trinajstić information content (AvgIpc) is 2.12. The van der Waals surface area contributed by atoms with Crippen LogP contribution in [-0.4, -0.2) is 27.7 Å². The van der Waals surface area contributed by atoms with Crippen LogP contribution in [0.1, 0.15) is 13.8 Å². The third-order valence-electron chi connectivity index (χ3n) is 1.19. The second-order valence-electron chi connectivity index (χ2n) is 2.83. The summed E-state index contributed by atoms with van der Waals surface area (Å²) in [4.78, 5) is 11.4. The maximum absolute atomic E-state index is 5.64. The van der Waals surface area contributed by atoms with Crippen LogP contribution in [0, 0.1) is 12.3 Å². The van der Waals surface area contributed by atoms with Gasteiger partial charge < -0.3 is 9.47 Å². The molecule has 1 aromatic rings. The fraction of sp³-hybridized carbons (Fsp3) is 0.444. The molecule has 0 fully saturated rings. The van der Waals surface area contributed by atoms with E-state index in [1.807, 2.05) is 13.8 Å². The van der Waals surface area contributed by atoms with E-state index in [1.165, 1.54) is 0 Å². The highest BCUT2D eigenvalue weighted by Gasteiger charge is 2.07. The minimum absolute atomic E-state index is 0.00710. The highest BCUT2D eigenvalue weighted by molar-refractivity contribution is 6.28. The van der Waals surface area contributed by atoms with Gasteiger partial charge in [-0.15, -0.1) is 11.4 Å². The van der Waals surface area contributed by atoms with Crippen LogP contribution in [0.25, 0.3) is 0 Å². The number of hydrogen-bond donors (Lipinski definition) is 0.